The molecule has 0 radical (unpaired) electrons. The molecule has 0 saturated carbocycles. The zero-order chi connectivity index (χ0) is 11.0. The Morgan fingerprint density at radius 2 is 2.19 bits per heavy atom. The first-order valence-electron chi connectivity index (χ1n) is 5.72. The van der Waals surface area contributed by atoms with Crippen LogP contribution in [0.4, 0.5) is 11.4 Å². The first-order chi connectivity index (χ1) is 7.86. The number of anilines is 2. The molecule has 1 aromatic carbocycles. The fourth-order valence-electron chi connectivity index (χ4n) is 2.48. The molecule has 1 saturated heterocycles. The van der Waals surface area contributed by atoms with Crippen LogP contribution in [0.25, 0.3) is 0 Å². The summed E-state index contributed by atoms with van der Waals surface area (Å²) in [4.78, 5) is 13.9. The number of carbonyl (C=O) groups excluding carboxylic acids is 1. The van der Waals surface area contributed by atoms with Gasteiger partial charge in [-0.25, -0.2) is 0 Å². The third kappa shape index (κ3) is 1.46. The summed E-state index contributed by atoms with van der Waals surface area (Å²) in [7, 11) is 0. The summed E-state index contributed by atoms with van der Waals surface area (Å²) < 4.78 is 0. The Hall–Kier alpha value is -1.55. The first kappa shape index (κ1) is 9.66. The summed E-state index contributed by atoms with van der Waals surface area (Å²) in [6.07, 6.45) is 1.04. The lowest BCUT2D eigenvalue weighted by Gasteiger charge is -2.34. The van der Waals surface area contributed by atoms with Crippen LogP contribution in [-0.4, -0.2) is 31.6 Å². The lowest BCUT2D eigenvalue weighted by atomic mass is 10.1. The van der Waals surface area contributed by atoms with E-state index < -0.39 is 0 Å². The Bertz CT molecular complexity index is 412. The van der Waals surface area contributed by atoms with E-state index in [1.54, 1.807) is 0 Å². The van der Waals surface area contributed by atoms with Gasteiger partial charge in [0.2, 0.25) is 5.91 Å². The van der Waals surface area contributed by atoms with Gasteiger partial charge in [0.15, 0.2) is 0 Å². The average molecular weight is 217 g/mol. The number of nitrogens with one attached hydrogen (secondary N) is 2. The molecule has 1 fully saturated rings. The highest BCUT2D eigenvalue weighted by Gasteiger charge is 2.31. The van der Waals surface area contributed by atoms with Crippen LogP contribution in [0.5, 0.6) is 0 Å². The Kier molecular flexibility index (Phi) is 2.29. The van der Waals surface area contributed by atoms with Gasteiger partial charge >= 0.3 is 0 Å². The molecule has 16 heavy (non-hydrogen) atoms. The SMILES string of the molecule is O=C1CNc2ccccc2N1C1CCNC1. The number of benzene rings is 1. The standard InChI is InChI=1S/C12H15N3O/c16-12-8-14-10-3-1-2-4-11(10)15(12)9-5-6-13-7-9/h1-4,9,13-14H,5-8H2. The first-order valence-corrected chi connectivity index (χ1v) is 5.72. The van der Waals surface area contributed by atoms with Crippen LogP contribution in [0, 0.1) is 0 Å². The van der Waals surface area contributed by atoms with Crippen molar-refractivity contribution >= 4 is 17.3 Å². The number of para-hydroxylation sites is 2. The second-order valence-corrected chi connectivity index (χ2v) is 4.28. The lowest BCUT2D eigenvalue weighted by molar-refractivity contribution is -0.117. The predicted octanol–water partition coefficient (Wildman–Crippen LogP) is 0.807. The number of carbonyl (C=O) groups is 1. The smallest absolute Gasteiger partial charge is 0.246 e. The van der Waals surface area contributed by atoms with Crippen molar-refractivity contribution in [3.8, 4) is 0 Å². The highest BCUT2D eigenvalue weighted by Crippen LogP contribution is 2.31. The Balaban J connectivity index is 1.99. The van der Waals surface area contributed by atoms with E-state index in [9.17, 15) is 4.79 Å². The van der Waals surface area contributed by atoms with E-state index in [1.807, 2.05) is 29.2 Å². The molecular formula is C12H15N3O. The third-order valence-electron chi connectivity index (χ3n) is 3.26. The van der Waals surface area contributed by atoms with Gasteiger partial charge in [0.05, 0.1) is 24.0 Å². The quantitative estimate of drug-likeness (QED) is 0.731. The Morgan fingerprint density at radius 3 is 3.00 bits per heavy atom. The van der Waals surface area contributed by atoms with Crippen molar-refractivity contribution in [3.63, 3.8) is 0 Å². The van der Waals surface area contributed by atoms with Gasteiger partial charge in [-0.2, -0.15) is 0 Å². The Morgan fingerprint density at radius 1 is 1.31 bits per heavy atom. The van der Waals surface area contributed by atoms with E-state index in [0.29, 0.717) is 12.6 Å². The summed E-state index contributed by atoms with van der Waals surface area (Å²) in [5.74, 6) is 0.174. The topological polar surface area (TPSA) is 44.4 Å². The molecule has 0 bridgehead atoms. The average Bonchev–Trinajstić information content (AvgIpc) is 2.82. The molecule has 1 amide bonds. The van der Waals surface area contributed by atoms with Gasteiger partial charge < -0.3 is 15.5 Å². The highest BCUT2D eigenvalue weighted by molar-refractivity contribution is 6.03. The molecule has 2 heterocycles. The molecule has 0 spiro atoms. The van der Waals surface area contributed by atoms with Crippen molar-refractivity contribution in [3.05, 3.63) is 24.3 Å². The number of hydrogen-bond acceptors (Lipinski definition) is 3. The molecule has 2 N–H and O–H groups in total. The Labute approximate surface area is 94.6 Å². The molecule has 2 aliphatic heterocycles. The van der Waals surface area contributed by atoms with Crippen molar-refractivity contribution in [1.82, 2.24) is 5.32 Å². The molecule has 0 aliphatic carbocycles. The molecule has 1 aromatic rings. The number of nitrogens with zero attached hydrogens (tertiary/aromatic N) is 1. The summed E-state index contributed by atoms with van der Waals surface area (Å²) in [6.45, 7) is 2.32. The zero-order valence-electron chi connectivity index (χ0n) is 9.07. The van der Waals surface area contributed by atoms with Crippen molar-refractivity contribution in [2.75, 3.05) is 29.9 Å². The fraction of sp³-hybridized carbons (Fsp3) is 0.417. The van der Waals surface area contributed by atoms with E-state index in [0.717, 1.165) is 30.9 Å². The maximum atomic E-state index is 12.0. The lowest BCUT2D eigenvalue weighted by Crippen LogP contribution is -2.47. The summed E-state index contributed by atoms with van der Waals surface area (Å²) in [5.41, 5.74) is 2.08. The highest BCUT2D eigenvalue weighted by atomic mass is 16.2. The van der Waals surface area contributed by atoms with Gasteiger partial charge in [-0.1, -0.05) is 12.1 Å². The zero-order valence-corrected chi connectivity index (χ0v) is 9.07. The fourth-order valence-corrected chi connectivity index (χ4v) is 2.48. The minimum Gasteiger partial charge on any atom is -0.374 e. The van der Waals surface area contributed by atoms with E-state index in [2.05, 4.69) is 10.6 Å². The largest absolute Gasteiger partial charge is 0.374 e. The molecule has 4 heteroatoms. The number of fused-ring (bicyclic) bond motifs is 1. The van der Waals surface area contributed by atoms with Crippen LogP contribution < -0.4 is 15.5 Å². The van der Waals surface area contributed by atoms with Crippen molar-refractivity contribution < 1.29 is 4.79 Å². The normalized spacial score (nSPS) is 24.1. The van der Waals surface area contributed by atoms with Crippen LogP contribution in [0.1, 0.15) is 6.42 Å². The second-order valence-electron chi connectivity index (χ2n) is 4.28. The van der Waals surface area contributed by atoms with Crippen LogP contribution >= 0.6 is 0 Å². The second kappa shape index (κ2) is 3.79. The minimum absolute atomic E-state index is 0.174. The molecule has 2 aliphatic rings. The van der Waals surface area contributed by atoms with Gasteiger partial charge in [0.1, 0.15) is 0 Å². The molecule has 1 atom stereocenters. The van der Waals surface area contributed by atoms with Crippen LogP contribution in [0.15, 0.2) is 24.3 Å². The molecule has 1 unspecified atom stereocenters. The van der Waals surface area contributed by atoms with Gasteiger partial charge in [0.25, 0.3) is 0 Å². The van der Waals surface area contributed by atoms with E-state index in [4.69, 9.17) is 0 Å². The molecule has 0 aromatic heterocycles. The maximum absolute atomic E-state index is 12.0. The predicted molar refractivity (Wildman–Crippen MR) is 63.7 cm³/mol. The van der Waals surface area contributed by atoms with E-state index in [1.165, 1.54) is 0 Å². The molecular weight excluding hydrogens is 202 g/mol. The summed E-state index contributed by atoms with van der Waals surface area (Å²) in [5, 5.41) is 6.46. The van der Waals surface area contributed by atoms with Gasteiger partial charge in [0, 0.05) is 6.54 Å². The number of rotatable bonds is 1. The third-order valence-corrected chi connectivity index (χ3v) is 3.26. The minimum atomic E-state index is 0.174. The van der Waals surface area contributed by atoms with Crippen molar-refractivity contribution in [1.29, 1.82) is 0 Å². The number of hydrogen-bond donors (Lipinski definition) is 2. The van der Waals surface area contributed by atoms with Gasteiger partial charge in [-0.3, -0.25) is 4.79 Å². The molecule has 3 rings (SSSR count). The van der Waals surface area contributed by atoms with Crippen LogP contribution in [0.3, 0.4) is 0 Å². The van der Waals surface area contributed by atoms with Crippen LogP contribution in [0.2, 0.25) is 0 Å². The number of amides is 1. The molecule has 84 valence electrons. The van der Waals surface area contributed by atoms with Gasteiger partial charge in [-0.15, -0.1) is 0 Å². The maximum Gasteiger partial charge on any atom is 0.246 e. The molecule has 4 nitrogen and oxygen atoms in total. The van der Waals surface area contributed by atoms with Gasteiger partial charge in [-0.05, 0) is 25.1 Å². The summed E-state index contributed by atoms with van der Waals surface area (Å²) >= 11 is 0. The van der Waals surface area contributed by atoms with E-state index >= 15 is 0 Å². The van der Waals surface area contributed by atoms with E-state index in [-0.39, 0.29) is 5.91 Å². The van der Waals surface area contributed by atoms with Crippen LogP contribution in [-0.2, 0) is 4.79 Å². The monoisotopic (exact) mass is 217 g/mol. The summed E-state index contributed by atoms with van der Waals surface area (Å²) in [6, 6.07) is 8.33. The van der Waals surface area contributed by atoms with Crippen molar-refractivity contribution in [2.45, 2.75) is 12.5 Å². The van der Waals surface area contributed by atoms with Crippen molar-refractivity contribution in [2.24, 2.45) is 0 Å².